The van der Waals surface area contributed by atoms with Gasteiger partial charge in [-0.15, -0.1) is 11.3 Å². The number of benzene rings is 8. The van der Waals surface area contributed by atoms with E-state index in [2.05, 4.69) is 267 Å². The summed E-state index contributed by atoms with van der Waals surface area (Å²) in [5.41, 5.74) is 23.6. The zero-order chi connectivity index (χ0) is 54.6. The van der Waals surface area contributed by atoms with E-state index in [0.29, 0.717) is 0 Å². The minimum atomic E-state index is -0.0236. The number of hydrogen-bond donors (Lipinski definition) is 0. The molecule has 5 heterocycles. The van der Waals surface area contributed by atoms with Gasteiger partial charge in [-0.3, -0.25) is 0 Å². The van der Waals surface area contributed by atoms with Crippen molar-refractivity contribution in [1.82, 2.24) is 8.80 Å². The number of fused-ring (bicyclic) bond motifs is 15. The topological polar surface area (TPSA) is 8.82 Å². The van der Waals surface area contributed by atoms with Crippen LogP contribution in [0.25, 0.3) is 119 Å². The van der Waals surface area contributed by atoms with E-state index in [1.54, 1.807) is 0 Å². The molecule has 0 unspecified atom stereocenters. The van der Waals surface area contributed by atoms with Crippen molar-refractivity contribution in [2.24, 2.45) is 0 Å². The van der Waals surface area contributed by atoms with Gasteiger partial charge in [-0.05, 0) is 148 Å². The molecule has 8 aromatic carbocycles. The van der Waals surface area contributed by atoms with Gasteiger partial charge in [0.05, 0.1) is 37.8 Å². The fourth-order valence-corrected chi connectivity index (χ4v) is 13.8. The summed E-state index contributed by atoms with van der Waals surface area (Å²) in [6.07, 6.45) is 0. The van der Waals surface area contributed by atoms with E-state index >= 15 is 0 Å². The first-order chi connectivity index (χ1) is 35.9. The Bertz CT molecular complexity index is 4500. The number of thiophene rings is 1. The Kier molecular flexibility index (Phi) is 10.3. The highest BCUT2D eigenvalue weighted by molar-refractivity contribution is 7.26. The van der Waals surface area contributed by atoms with E-state index in [4.69, 9.17) is 0 Å². The SMILES string of the molecule is CC(C)(C)c1cc(-c2ccc3c(c2)c2cc(-c4cc(C(C)(C)C)cc(C(C)(C)C)c4)cc4c5c(ccc6c7cc(-c8cc(C(C)(C)C)cc(C(C)(C)C)c8)cc8c9sc%10ccccc%10c9n(c78)c65)n3c24)cc(C(C)(C)C)c1. The average molecular weight is 1030 g/mol. The van der Waals surface area contributed by atoms with E-state index in [9.17, 15) is 0 Å². The van der Waals surface area contributed by atoms with Crippen LogP contribution >= 0.6 is 11.3 Å². The molecule has 0 radical (unpaired) electrons. The van der Waals surface area contributed by atoms with E-state index in [-0.39, 0.29) is 32.5 Å². The maximum absolute atomic E-state index is 2.70. The van der Waals surface area contributed by atoms with E-state index in [1.807, 2.05) is 11.3 Å². The third kappa shape index (κ3) is 7.67. The van der Waals surface area contributed by atoms with E-state index in [1.165, 1.54) is 152 Å². The summed E-state index contributed by atoms with van der Waals surface area (Å²) in [5, 5.41) is 10.5. The van der Waals surface area contributed by atoms with Gasteiger partial charge in [0.25, 0.3) is 0 Å². The van der Waals surface area contributed by atoms with E-state index in [0.717, 1.165) is 0 Å². The molecular formula is C74H76N2S. The van der Waals surface area contributed by atoms with Crippen LogP contribution in [0.4, 0.5) is 0 Å². The monoisotopic (exact) mass is 1020 g/mol. The molecular weight excluding hydrogens is 949 g/mol. The van der Waals surface area contributed by atoms with Crippen LogP contribution in [0, 0.1) is 0 Å². The molecule has 0 aliphatic heterocycles. The molecule has 13 aromatic rings. The molecule has 0 amide bonds. The van der Waals surface area contributed by atoms with Crippen molar-refractivity contribution >= 4 is 96.9 Å². The van der Waals surface area contributed by atoms with Crippen molar-refractivity contribution in [3.8, 4) is 33.4 Å². The van der Waals surface area contributed by atoms with Gasteiger partial charge in [-0.25, -0.2) is 0 Å². The largest absolute Gasteiger partial charge is 0.308 e. The summed E-state index contributed by atoms with van der Waals surface area (Å²) in [4.78, 5) is 0. The Morgan fingerprint density at radius 1 is 0.273 bits per heavy atom. The third-order valence-electron chi connectivity index (χ3n) is 17.4. The Balaban J connectivity index is 1.19. The van der Waals surface area contributed by atoms with Crippen LogP contribution < -0.4 is 0 Å². The summed E-state index contributed by atoms with van der Waals surface area (Å²) in [6.45, 7) is 42.3. The first-order valence-corrected chi connectivity index (χ1v) is 29.0. The summed E-state index contributed by atoms with van der Waals surface area (Å²) in [6, 6.07) is 53.6. The van der Waals surface area contributed by atoms with E-state index < -0.39 is 0 Å². The van der Waals surface area contributed by atoms with Gasteiger partial charge < -0.3 is 8.80 Å². The lowest BCUT2D eigenvalue weighted by atomic mass is 9.78. The highest BCUT2D eigenvalue weighted by Crippen LogP contribution is 2.52. The van der Waals surface area contributed by atoms with Gasteiger partial charge in [0.2, 0.25) is 0 Å². The minimum Gasteiger partial charge on any atom is -0.308 e. The lowest BCUT2D eigenvalue weighted by molar-refractivity contribution is 0.568. The fourth-order valence-electron chi connectivity index (χ4n) is 12.6. The second-order valence-corrected chi connectivity index (χ2v) is 30.3. The lowest BCUT2D eigenvalue weighted by Gasteiger charge is -2.26. The molecule has 0 saturated heterocycles. The van der Waals surface area contributed by atoms with Crippen molar-refractivity contribution in [3.63, 3.8) is 0 Å². The predicted molar refractivity (Wildman–Crippen MR) is 340 cm³/mol. The van der Waals surface area contributed by atoms with Gasteiger partial charge in [0, 0.05) is 47.8 Å². The van der Waals surface area contributed by atoms with Crippen molar-refractivity contribution in [2.45, 2.75) is 157 Å². The van der Waals surface area contributed by atoms with Gasteiger partial charge in [-0.2, -0.15) is 0 Å². The fraction of sp³-hybridized carbons (Fsp3) is 0.324. The molecule has 2 nitrogen and oxygen atoms in total. The number of nitrogens with zero attached hydrogens (tertiary/aromatic N) is 2. The van der Waals surface area contributed by atoms with Gasteiger partial charge >= 0.3 is 0 Å². The standard InChI is InChI=1S/C74H76N2S/c1-69(2,3)47-27-42(28-48(38-47)70(4,5)6)41-23-25-60-55(33-41)57-35-45(43-29-49(71(7,8)9)39-50(30-43)72(10,11)12)36-58-63-61(75(60)64(57)58)26-24-53-56-34-46(44-31-51(73(13,14)15)40-52(32-44)74(16,17)18)37-59-65(56)76(66(53)63)67-54-21-19-20-22-62(54)77-68(59)67/h19-40H,1-18H3. The molecule has 0 fully saturated rings. The Labute approximate surface area is 460 Å². The molecule has 0 bridgehead atoms. The third-order valence-corrected chi connectivity index (χ3v) is 18.6. The smallest absolute Gasteiger partial charge is 0.0728 e. The highest BCUT2D eigenvalue weighted by atomic mass is 32.1. The number of aromatic nitrogens is 2. The quantitative estimate of drug-likeness (QED) is 0.167. The van der Waals surface area contributed by atoms with Crippen LogP contribution in [-0.2, 0) is 32.5 Å². The highest BCUT2D eigenvalue weighted by Gasteiger charge is 2.30. The van der Waals surface area contributed by atoms with Crippen molar-refractivity contribution in [1.29, 1.82) is 0 Å². The molecule has 0 aliphatic carbocycles. The Morgan fingerprint density at radius 3 is 1.16 bits per heavy atom. The normalized spacial score (nSPS) is 13.8. The summed E-state index contributed by atoms with van der Waals surface area (Å²) in [7, 11) is 0. The predicted octanol–water partition coefficient (Wildman–Crippen LogP) is 22.0. The van der Waals surface area contributed by atoms with Gasteiger partial charge in [-0.1, -0.05) is 210 Å². The first kappa shape index (κ1) is 49.9. The van der Waals surface area contributed by atoms with Gasteiger partial charge in [0.15, 0.2) is 0 Å². The average Bonchev–Trinajstić information content (AvgIpc) is 3.98. The summed E-state index contributed by atoms with van der Waals surface area (Å²) in [5.74, 6) is 0. The zero-order valence-electron chi connectivity index (χ0n) is 49.0. The molecule has 0 N–H and O–H groups in total. The van der Waals surface area contributed by atoms with Crippen LogP contribution in [0.5, 0.6) is 0 Å². The minimum absolute atomic E-state index is 0.00373. The number of rotatable bonds is 3. The molecule has 0 saturated carbocycles. The Morgan fingerprint density at radius 2 is 0.662 bits per heavy atom. The zero-order valence-corrected chi connectivity index (χ0v) is 49.8. The molecule has 77 heavy (non-hydrogen) atoms. The number of hydrogen-bond acceptors (Lipinski definition) is 1. The van der Waals surface area contributed by atoms with Crippen LogP contribution in [0.2, 0.25) is 0 Å². The maximum Gasteiger partial charge on any atom is 0.0728 e. The van der Waals surface area contributed by atoms with Crippen LogP contribution in [0.1, 0.15) is 158 Å². The van der Waals surface area contributed by atoms with Crippen molar-refractivity contribution in [2.75, 3.05) is 0 Å². The second-order valence-electron chi connectivity index (χ2n) is 29.3. The molecule has 5 aromatic heterocycles. The first-order valence-electron chi connectivity index (χ1n) is 28.2. The molecule has 3 heteroatoms. The Hall–Kier alpha value is -6.68. The second kappa shape index (κ2) is 16.0. The molecule has 0 atom stereocenters. The summed E-state index contributed by atoms with van der Waals surface area (Å²) < 4.78 is 8.01. The summed E-state index contributed by atoms with van der Waals surface area (Å²) >= 11 is 1.95. The molecule has 13 rings (SSSR count). The maximum atomic E-state index is 2.70. The van der Waals surface area contributed by atoms with Crippen LogP contribution in [0.3, 0.4) is 0 Å². The molecule has 388 valence electrons. The van der Waals surface area contributed by atoms with Crippen LogP contribution in [-0.4, -0.2) is 8.80 Å². The van der Waals surface area contributed by atoms with Crippen molar-refractivity contribution < 1.29 is 0 Å². The van der Waals surface area contributed by atoms with Crippen molar-refractivity contribution in [3.05, 3.63) is 167 Å². The van der Waals surface area contributed by atoms with Gasteiger partial charge in [0.1, 0.15) is 0 Å². The molecule has 0 spiro atoms. The molecule has 0 aliphatic rings. The van der Waals surface area contributed by atoms with Crippen LogP contribution in [0.15, 0.2) is 133 Å². The lowest BCUT2D eigenvalue weighted by Crippen LogP contribution is -2.16.